The average Bonchev–Trinajstić information content (AvgIpc) is 2.69. The Kier molecular flexibility index (Phi) is 7.49. The molecule has 1 fully saturated rings. The molecule has 0 spiro atoms. The van der Waals surface area contributed by atoms with Crippen molar-refractivity contribution in [3.05, 3.63) is 70.7 Å². The minimum Gasteiger partial charge on any atom is -0.303 e. The minimum absolute atomic E-state index is 0.0540. The van der Waals surface area contributed by atoms with E-state index in [4.69, 9.17) is 16.4 Å². The third-order valence-electron chi connectivity index (χ3n) is 5.43. The lowest BCUT2D eigenvalue weighted by atomic mass is 9.93. The highest BCUT2D eigenvalue weighted by molar-refractivity contribution is 6.31. The van der Waals surface area contributed by atoms with Crippen LogP contribution in [0.4, 0.5) is 0 Å². The van der Waals surface area contributed by atoms with Crippen LogP contribution in [0, 0.1) is 5.92 Å². The van der Waals surface area contributed by atoms with E-state index in [1.165, 1.54) is 5.56 Å². The predicted octanol–water partition coefficient (Wildman–Crippen LogP) is 4.57. The fourth-order valence-corrected chi connectivity index (χ4v) is 4.07. The van der Waals surface area contributed by atoms with E-state index in [1.807, 2.05) is 24.3 Å². The molecule has 5 heteroatoms. The van der Waals surface area contributed by atoms with Gasteiger partial charge in [-0.2, -0.15) is 0 Å². The first-order chi connectivity index (χ1) is 13.5. The zero-order valence-electron chi connectivity index (χ0n) is 16.7. The van der Waals surface area contributed by atoms with Crippen LogP contribution in [0.25, 0.3) is 0 Å². The Bertz CT molecular complexity index is 768. The topological polar surface area (TPSA) is 32.8 Å². The number of nitrogens with zero attached hydrogens (tertiary/aromatic N) is 2. The van der Waals surface area contributed by atoms with E-state index in [9.17, 15) is 4.79 Å². The molecule has 2 atom stereocenters. The summed E-state index contributed by atoms with van der Waals surface area (Å²) in [4.78, 5) is 20.7. The molecular weight excluding hydrogens is 372 g/mol. The summed E-state index contributed by atoms with van der Waals surface area (Å²) in [7, 11) is 0. The van der Waals surface area contributed by atoms with Crippen LogP contribution in [0.2, 0.25) is 5.02 Å². The number of benzene rings is 2. The summed E-state index contributed by atoms with van der Waals surface area (Å²) in [6.07, 6.45) is 1.97. The van der Waals surface area contributed by atoms with Gasteiger partial charge < -0.3 is 4.90 Å². The van der Waals surface area contributed by atoms with E-state index in [0.29, 0.717) is 17.5 Å². The number of carbonyl (C=O) groups excluding carboxylic acids is 1. The maximum absolute atomic E-state index is 12.2. The van der Waals surface area contributed by atoms with Gasteiger partial charge >= 0.3 is 0 Å². The smallest absolute Gasteiger partial charge is 0.243 e. The van der Waals surface area contributed by atoms with Crippen molar-refractivity contribution in [2.75, 3.05) is 19.6 Å². The molecular formula is C23H29ClN2O2. The molecule has 0 radical (unpaired) electrons. The van der Waals surface area contributed by atoms with E-state index in [-0.39, 0.29) is 11.9 Å². The van der Waals surface area contributed by atoms with Gasteiger partial charge in [0.1, 0.15) is 6.61 Å². The lowest BCUT2D eigenvalue weighted by Gasteiger charge is -2.41. The molecule has 0 N–H and O–H groups in total. The van der Waals surface area contributed by atoms with Gasteiger partial charge in [0.15, 0.2) is 0 Å². The molecule has 1 saturated heterocycles. The Morgan fingerprint density at radius 2 is 1.89 bits per heavy atom. The molecule has 1 aliphatic rings. The van der Waals surface area contributed by atoms with Crippen LogP contribution in [-0.2, 0) is 22.7 Å². The molecule has 0 bridgehead atoms. The van der Waals surface area contributed by atoms with E-state index in [2.05, 4.69) is 42.2 Å². The Morgan fingerprint density at radius 1 is 1.18 bits per heavy atom. The molecule has 0 aliphatic carbocycles. The first-order valence-corrected chi connectivity index (χ1v) is 10.3. The number of carbonyl (C=O) groups is 1. The maximum atomic E-state index is 12.2. The highest BCUT2D eigenvalue weighted by Crippen LogP contribution is 2.24. The number of rotatable bonds is 7. The second kappa shape index (κ2) is 10.1. The standard InChI is InChI=1S/C23H29ClN2O2/c1-18-16-25(14-12-20-8-4-3-5-9-20)15-13-23(18)26(19(2)27)28-17-21-10-6-7-11-22(21)24/h3-11,18,23H,12-17H2,1-2H3/t18-,23+/m1/s1. The van der Waals surface area contributed by atoms with Crippen molar-refractivity contribution in [2.45, 2.75) is 39.3 Å². The largest absolute Gasteiger partial charge is 0.303 e. The second-order valence-electron chi connectivity index (χ2n) is 7.58. The third-order valence-corrected chi connectivity index (χ3v) is 5.80. The van der Waals surface area contributed by atoms with Crippen LogP contribution in [0.5, 0.6) is 0 Å². The average molecular weight is 401 g/mol. The summed E-state index contributed by atoms with van der Waals surface area (Å²) in [5, 5.41) is 2.23. The lowest BCUT2D eigenvalue weighted by molar-refractivity contribution is -0.214. The summed E-state index contributed by atoms with van der Waals surface area (Å²) >= 11 is 6.22. The number of amides is 1. The summed E-state index contributed by atoms with van der Waals surface area (Å²) in [5.41, 5.74) is 2.26. The van der Waals surface area contributed by atoms with Crippen molar-refractivity contribution in [3.63, 3.8) is 0 Å². The molecule has 1 heterocycles. The molecule has 1 aliphatic heterocycles. The molecule has 2 aromatic rings. The number of hydroxylamine groups is 2. The molecule has 2 aromatic carbocycles. The molecule has 150 valence electrons. The van der Waals surface area contributed by atoms with Gasteiger partial charge in [-0.3, -0.25) is 9.63 Å². The quantitative estimate of drug-likeness (QED) is 0.638. The summed E-state index contributed by atoms with van der Waals surface area (Å²) < 4.78 is 0. The van der Waals surface area contributed by atoms with Crippen molar-refractivity contribution < 1.29 is 9.63 Å². The summed E-state index contributed by atoms with van der Waals surface area (Å²) in [6.45, 7) is 7.06. The van der Waals surface area contributed by atoms with Crippen LogP contribution < -0.4 is 0 Å². The molecule has 0 aromatic heterocycles. The molecule has 0 saturated carbocycles. The first-order valence-electron chi connectivity index (χ1n) is 9.97. The Balaban J connectivity index is 1.54. The fraction of sp³-hybridized carbons (Fsp3) is 0.435. The zero-order chi connectivity index (χ0) is 19.9. The van der Waals surface area contributed by atoms with Crippen LogP contribution in [0.1, 0.15) is 31.4 Å². The Hall–Kier alpha value is -1.88. The van der Waals surface area contributed by atoms with Gasteiger partial charge in [-0.1, -0.05) is 67.1 Å². The number of hydrogen-bond acceptors (Lipinski definition) is 3. The number of halogens is 1. The molecule has 0 unspecified atom stereocenters. The van der Waals surface area contributed by atoms with Gasteiger partial charge in [0.05, 0.1) is 6.04 Å². The van der Waals surface area contributed by atoms with Crippen molar-refractivity contribution >= 4 is 17.5 Å². The zero-order valence-corrected chi connectivity index (χ0v) is 17.4. The number of likely N-dealkylation sites (tertiary alicyclic amines) is 1. The second-order valence-corrected chi connectivity index (χ2v) is 7.99. The van der Waals surface area contributed by atoms with Gasteiger partial charge in [0.2, 0.25) is 5.91 Å². The van der Waals surface area contributed by atoms with E-state index < -0.39 is 0 Å². The summed E-state index contributed by atoms with van der Waals surface area (Å²) in [5.74, 6) is 0.293. The number of hydrogen-bond donors (Lipinski definition) is 0. The Labute approximate surface area is 173 Å². The van der Waals surface area contributed by atoms with Gasteiger partial charge in [0, 0.05) is 31.6 Å². The molecule has 28 heavy (non-hydrogen) atoms. The highest BCUT2D eigenvalue weighted by atomic mass is 35.5. The normalized spacial score (nSPS) is 20.1. The van der Waals surface area contributed by atoms with Crippen molar-refractivity contribution in [3.8, 4) is 0 Å². The van der Waals surface area contributed by atoms with Crippen LogP contribution in [-0.4, -0.2) is 41.5 Å². The molecule has 1 amide bonds. The van der Waals surface area contributed by atoms with Crippen LogP contribution in [0.3, 0.4) is 0 Å². The molecule has 3 rings (SSSR count). The van der Waals surface area contributed by atoms with Gasteiger partial charge in [-0.15, -0.1) is 0 Å². The van der Waals surface area contributed by atoms with E-state index >= 15 is 0 Å². The first kappa shape index (κ1) is 20.8. The summed E-state index contributed by atoms with van der Waals surface area (Å²) in [6, 6.07) is 18.3. The Morgan fingerprint density at radius 3 is 2.57 bits per heavy atom. The SMILES string of the molecule is CC(=O)N(OCc1ccccc1Cl)[C@H]1CCN(CCc2ccccc2)C[C@H]1C. The maximum Gasteiger partial charge on any atom is 0.243 e. The fourth-order valence-electron chi connectivity index (χ4n) is 3.88. The van der Waals surface area contributed by atoms with Crippen molar-refractivity contribution in [1.82, 2.24) is 9.96 Å². The monoisotopic (exact) mass is 400 g/mol. The predicted molar refractivity (Wildman–Crippen MR) is 113 cm³/mol. The van der Waals surface area contributed by atoms with E-state index in [1.54, 1.807) is 12.0 Å². The van der Waals surface area contributed by atoms with Gasteiger partial charge in [0.25, 0.3) is 0 Å². The van der Waals surface area contributed by atoms with Crippen molar-refractivity contribution in [1.29, 1.82) is 0 Å². The van der Waals surface area contributed by atoms with E-state index in [0.717, 1.165) is 38.0 Å². The minimum atomic E-state index is -0.0540. The van der Waals surface area contributed by atoms with Crippen LogP contribution >= 0.6 is 11.6 Å². The van der Waals surface area contributed by atoms with Gasteiger partial charge in [-0.05, 0) is 36.0 Å². The number of piperidine rings is 1. The highest BCUT2D eigenvalue weighted by Gasteiger charge is 2.33. The molecule has 4 nitrogen and oxygen atoms in total. The van der Waals surface area contributed by atoms with Crippen molar-refractivity contribution in [2.24, 2.45) is 5.92 Å². The third kappa shape index (κ3) is 5.57. The van der Waals surface area contributed by atoms with Gasteiger partial charge in [-0.25, -0.2) is 5.06 Å². The van der Waals surface area contributed by atoms with Crippen LogP contribution in [0.15, 0.2) is 54.6 Å². The lowest BCUT2D eigenvalue weighted by Crippen LogP contribution is -2.51.